The Labute approximate surface area is 177 Å². The zero-order valence-corrected chi connectivity index (χ0v) is 17.8. The van der Waals surface area contributed by atoms with E-state index in [9.17, 15) is 14.7 Å². The smallest absolute Gasteiger partial charge is 0.249 e. The number of aryl methyl sites for hydroxylation is 1. The van der Waals surface area contributed by atoms with Gasteiger partial charge < -0.3 is 15.2 Å². The van der Waals surface area contributed by atoms with Gasteiger partial charge in [-0.2, -0.15) is 5.10 Å². The Morgan fingerprint density at radius 1 is 1.21 bits per heavy atom. The van der Waals surface area contributed by atoms with E-state index in [4.69, 9.17) is 4.74 Å². The third-order valence-electron chi connectivity index (χ3n) is 3.75. The van der Waals surface area contributed by atoms with E-state index >= 15 is 0 Å². The average Bonchev–Trinajstić information content (AvgIpc) is 2.66. The molecule has 7 nitrogen and oxygen atoms in total. The molecule has 2 aromatic rings. The van der Waals surface area contributed by atoms with Crippen molar-refractivity contribution in [3.63, 3.8) is 0 Å². The summed E-state index contributed by atoms with van der Waals surface area (Å²) in [4.78, 5) is 24.0. The minimum Gasteiger partial charge on any atom is -0.504 e. The van der Waals surface area contributed by atoms with E-state index in [-0.39, 0.29) is 12.2 Å². The molecule has 0 aromatic heterocycles. The number of hydrazone groups is 1. The molecule has 3 N–H and O–H groups in total. The predicted octanol–water partition coefficient (Wildman–Crippen LogP) is 3.44. The Bertz CT molecular complexity index is 884. The standard InChI is InChI=1S/C20H22IN3O4/c1-3-14-7-5-6-8-16(14)23-18(25)11-19(26)24-22-12-13-9-15(21)20(27)17(10-13)28-4-2/h5-10,12,27H,3-4,11H2,1-2H3,(H,23,25)(H,24,26). The molecule has 2 aromatic carbocycles. The maximum absolute atomic E-state index is 12.1. The van der Waals surface area contributed by atoms with Gasteiger partial charge in [-0.15, -0.1) is 0 Å². The van der Waals surface area contributed by atoms with Crippen molar-refractivity contribution in [3.05, 3.63) is 51.1 Å². The number of hydrogen-bond acceptors (Lipinski definition) is 5. The summed E-state index contributed by atoms with van der Waals surface area (Å²) < 4.78 is 5.96. The van der Waals surface area contributed by atoms with Crippen LogP contribution in [0.2, 0.25) is 0 Å². The number of carbonyl (C=O) groups is 2. The minimum atomic E-state index is -0.527. The first-order chi connectivity index (χ1) is 13.4. The summed E-state index contributed by atoms with van der Waals surface area (Å²) >= 11 is 1.98. The van der Waals surface area contributed by atoms with E-state index in [1.807, 2.05) is 54.6 Å². The fourth-order valence-corrected chi connectivity index (χ4v) is 3.07. The molecule has 0 fully saturated rings. The molecule has 0 unspecified atom stereocenters. The predicted molar refractivity (Wildman–Crippen MR) is 117 cm³/mol. The number of benzene rings is 2. The van der Waals surface area contributed by atoms with E-state index in [1.165, 1.54) is 6.21 Å². The number of phenolic OH excluding ortho intramolecular Hbond substituents is 1. The number of para-hydroxylation sites is 1. The van der Waals surface area contributed by atoms with Crippen LogP contribution in [0.4, 0.5) is 5.69 Å². The van der Waals surface area contributed by atoms with Crippen molar-refractivity contribution in [2.45, 2.75) is 26.7 Å². The maximum Gasteiger partial charge on any atom is 0.249 e. The second-order valence-corrected chi connectivity index (χ2v) is 6.97. The van der Waals surface area contributed by atoms with Crippen molar-refractivity contribution in [2.75, 3.05) is 11.9 Å². The summed E-state index contributed by atoms with van der Waals surface area (Å²) in [5.41, 5.74) is 4.67. The van der Waals surface area contributed by atoms with E-state index < -0.39 is 11.8 Å². The molecule has 0 saturated carbocycles. The number of carbonyl (C=O) groups excluding carboxylic acids is 2. The van der Waals surface area contributed by atoms with Crippen LogP contribution in [0.1, 0.15) is 31.4 Å². The quantitative estimate of drug-likeness (QED) is 0.226. The number of amides is 2. The summed E-state index contributed by atoms with van der Waals surface area (Å²) in [5, 5.41) is 16.5. The van der Waals surface area contributed by atoms with Crippen LogP contribution in [0.15, 0.2) is 41.5 Å². The topological polar surface area (TPSA) is 100 Å². The van der Waals surface area contributed by atoms with Crippen molar-refractivity contribution >= 4 is 46.3 Å². The molecule has 2 amide bonds. The highest BCUT2D eigenvalue weighted by Gasteiger charge is 2.11. The van der Waals surface area contributed by atoms with Crippen LogP contribution in [-0.4, -0.2) is 29.7 Å². The number of phenols is 1. The lowest BCUT2D eigenvalue weighted by atomic mass is 10.1. The molecule has 0 atom stereocenters. The molecule has 0 radical (unpaired) electrons. The molecule has 2 rings (SSSR count). The van der Waals surface area contributed by atoms with Crippen LogP contribution in [-0.2, 0) is 16.0 Å². The first-order valence-electron chi connectivity index (χ1n) is 8.79. The zero-order chi connectivity index (χ0) is 20.5. The average molecular weight is 495 g/mol. The molecule has 0 bridgehead atoms. The largest absolute Gasteiger partial charge is 0.504 e. The number of rotatable bonds is 8. The number of ether oxygens (including phenoxy) is 1. The lowest BCUT2D eigenvalue weighted by Crippen LogP contribution is -2.25. The van der Waals surface area contributed by atoms with Crippen molar-refractivity contribution < 1.29 is 19.4 Å². The van der Waals surface area contributed by atoms with E-state index in [0.717, 1.165) is 12.0 Å². The molecule has 0 aliphatic heterocycles. The van der Waals surface area contributed by atoms with Gasteiger partial charge in [0.25, 0.3) is 0 Å². The van der Waals surface area contributed by atoms with Gasteiger partial charge in [0.05, 0.1) is 16.4 Å². The monoisotopic (exact) mass is 495 g/mol. The zero-order valence-electron chi connectivity index (χ0n) is 15.7. The number of aromatic hydroxyl groups is 1. The van der Waals surface area contributed by atoms with E-state index in [0.29, 0.717) is 27.2 Å². The first-order valence-corrected chi connectivity index (χ1v) is 9.87. The number of nitrogens with one attached hydrogen (secondary N) is 2. The maximum atomic E-state index is 12.1. The van der Waals surface area contributed by atoms with Gasteiger partial charge >= 0.3 is 0 Å². The Balaban J connectivity index is 1.92. The van der Waals surface area contributed by atoms with Crippen molar-refractivity contribution in [2.24, 2.45) is 5.10 Å². The summed E-state index contributed by atoms with van der Waals surface area (Å²) in [6, 6.07) is 10.8. The Morgan fingerprint density at radius 2 is 1.96 bits per heavy atom. The van der Waals surface area contributed by atoms with Gasteiger partial charge in [0, 0.05) is 5.69 Å². The molecule has 0 saturated heterocycles. The molecule has 0 heterocycles. The summed E-state index contributed by atoms with van der Waals surface area (Å²) in [6.07, 6.45) is 1.86. The number of nitrogens with zero attached hydrogens (tertiary/aromatic N) is 1. The molecule has 148 valence electrons. The van der Waals surface area contributed by atoms with Crippen molar-refractivity contribution in [3.8, 4) is 11.5 Å². The van der Waals surface area contributed by atoms with Gasteiger partial charge in [0.1, 0.15) is 6.42 Å². The SMILES string of the molecule is CCOc1cc(C=NNC(=O)CC(=O)Nc2ccccc2CC)cc(I)c1O. The molecular weight excluding hydrogens is 473 g/mol. The highest BCUT2D eigenvalue weighted by atomic mass is 127. The number of halogens is 1. The Kier molecular flexibility index (Phi) is 8.24. The highest BCUT2D eigenvalue weighted by Crippen LogP contribution is 2.32. The third kappa shape index (κ3) is 6.22. The van der Waals surface area contributed by atoms with Crippen molar-refractivity contribution in [1.82, 2.24) is 5.43 Å². The second-order valence-electron chi connectivity index (χ2n) is 5.81. The molecule has 0 aliphatic carbocycles. The van der Waals surface area contributed by atoms with Crippen LogP contribution in [0.25, 0.3) is 0 Å². The van der Waals surface area contributed by atoms with Gasteiger partial charge in [-0.05, 0) is 65.3 Å². The highest BCUT2D eigenvalue weighted by molar-refractivity contribution is 14.1. The van der Waals surface area contributed by atoms with Gasteiger partial charge in [-0.3, -0.25) is 9.59 Å². The lowest BCUT2D eigenvalue weighted by molar-refractivity contribution is -0.126. The number of anilines is 1. The Hall–Kier alpha value is -2.62. The molecular formula is C20H22IN3O4. The normalized spacial score (nSPS) is 10.7. The molecule has 28 heavy (non-hydrogen) atoms. The third-order valence-corrected chi connectivity index (χ3v) is 4.57. The fourth-order valence-electron chi connectivity index (χ4n) is 2.44. The summed E-state index contributed by atoms with van der Waals surface area (Å²) in [5.74, 6) is -0.531. The first kappa shape index (κ1) is 21.7. The van der Waals surface area contributed by atoms with Gasteiger partial charge in [0.15, 0.2) is 11.5 Å². The van der Waals surface area contributed by atoms with Gasteiger partial charge in [-0.25, -0.2) is 5.43 Å². The molecule has 0 aliphatic rings. The Morgan fingerprint density at radius 3 is 2.68 bits per heavy atom. The summed E-state index contributed by atoms with van der Waals surface area (Å²) in [7, 11) is 0. The van der Waals surface area contributed by atoms with Crippen LogP contribution in [0.5, 0.6) is 11.5 Å². The van der Waals surface area contributed by atoms with E-state index in [1.54, 1.807) is 18.2 Å². The molecule has 0 spiro atoms. The second kappa shape index (κ2) is 10.6. The number of hydrogen-bond donors (Lipinski definition) is 3. The van der Waals surface area contributed by atoms with Gasteiger partial charge in [-0.1, -0.05) is 25.1 Å². The molecule has 8 heteroatoms. The van der Waals surface area contributed by atoms with Crippen LogP contribution in [0, 0.1) is 3.57 Å². The van der Waals surface area contributed by atoms with Crippen LogP contribution in [0.3, 0.4) is 0 Å². The van der Waals surface area contributed by atoms with E-state index in [2.05, 4.69) is 15.8 Å². The van der Waals surface area contributed by atoms with Crippen LogP contribution < -0.4 is 15.5 Å². The lowest BCUT2D eigenvalue weighted by Gasteiger charge is -2.09. The van der Waals surface area contributed by atoms with Crippen molar-refractivity contribution in [1.29, 1.82) is 0 Å². The fraction of sp³-hybridized carbons (Fsp3) is 0.250. The van der Waals surface area contributed by atoms with Crippen LogP contribution >= 0.6 is 22.6 Å². The minimum absolute atomic E-state index is 0.0627. The van der Waals surface area contributed by atoms with Gasteiger partial charge in [0.2, 0.25) is 11.8 Å². The summed E-state index contributed by atoms with van der Waals surface area (Å²) in [6.45, 7) is 4.22.